The molecule has 3 aromatic carbocycles. The first kappa shape index (κ1) is 23.9. The van der Waals surface area contributed by atoms with Gasteiger partial charge in [0.15, 0.2) is 8.32 Å². The van der Waals surface area contributed by atoms with Crippen LogP contribution >= 0.6 is 0 Å². The quantitative estimate of drug-likeness (QED) is 0.148. The van der Waals surface area contributed by atoms with E-state index in [1.807, 2.05) is 6.92 Å². The molecule has 0 saturated heterocycles. The highest BCUT2D eigenvalue weighted by atomic mass is 28.4. The summed E-state index contributed by atoms with van der Waals surface area (Å²) in [7, 11) is -4.84. The van der Waals surface area contributed by atoms with Crippen LogP contribution in [0.4, 0.5) is 0 Å². The zero-order valence-corrected chi connectivity index (χ0v) is 21.2. The maximum absolute atomic E-state index is 11.6. The Morgan fingerprint density at radius 1 is 0.781 bits per heavy atom. The molecule has 0 heterocycles. The molecule has 0 fully saturated rings. The van der Waals surface area contributed by atoms with Gasteiger partial charge in [0.05, 0.1) is 6.61 Å². The van der Waals surface area contributed by atoms with E-state index in [1.165, 1.54) is 21.6 Å². The van der Waals surface area contributed by atoms with E-state index in [2.05, 4.69) is 104 Å². The van der Waals surface area contributed by atoms with E-state index in [0.717, 1.165) is 12.5 Å². The van der Waals surface area contributed by atoms with E-state index < -0.39 is 16.6 Å². The van der Waals surface area contributed by atoms with Crippen LogP contribution in [0.2, 0.25) is 19.1 Å². The van der Waals surface area contributed by atoms with Gasteiger partial charge in [-0.25, -0.2) is 4.79 Å². The molecule has 0 aliphatic rings. The fourth-order valence-electron chi connectivity index (χ4n) is 4.02. The molecule has 0 aliphatic carbocycles. The van der Waals surface area contributed by atoms with Gasteiger partial charge in [0, 0.05) is 6.08 Å². The lowest BCUT2D eigenvalue weighted by molar-refractivity contribution is -0.137. The fraction of sp³-hybridized carbons (Fsp3) is 0.222. The second kappa shape index (κ2) is 11.2. The van der Waals surface area contributed by atoms with Crippen molar-refractivity contribution in [2.45, 2.75) is 32.5 Å². The van der Waals surface area contributed by atoms with E-state index in [9.17, 15) is 4.79 Å². The lowest BCUT2D eigenvalue weighted by atomic mass is 10.3. The van der Waals surface area contributed by atoms with Gasteiger partial charge in [0.1, 0.15) is 0 Å². The average molecular weight is 461 g/mol. The molecule has 0 spiro atoms. The van der Waals surface area contributed by atoms with Crippen LogP contribution in [-0.2, 0) is 13.6 Å². The van der Waals surface area contributed by atoms with Crippen LogP contribution in [0.25, 0.3) is 0 Å². The third-order valence-electron chi connectivity index (χ3n) is 5.44. The Morgan fingerprint density at radius 3 is 1.62 bits per heavy atom. The van der Waals surface area contributed by atoms with Gasteiger partial charge < -0.3 is 8.85 Å². The maximum Gasteiger partial charge on any atom is 0.330 e. The predicted octanol–water partition coefficient (Wildman–Crippen LogP) is 4.38. The number of rotatable bonds is 10. The van der Waals surface area contributed by atoms with E-state index in [0.29, 0.717) is 6.61 Å². The van der Waals surface area contributed by atoms with Gasteiger partial charge in [-0.2, -0.15) is 0 Å². The molecule has 3 aromatic rings. The molecule has 0 atom stereocenters. The highest BCUT2D eigenvalue weighted by Gasteiger charge is 2.45. The molecular formula is C27H32O3Si2. The van der Waals surface area contributed by atoms with Crippen molar-refractivity contribution >= 4 is 38.2 Å². The first-order valence-corrected chi connectivity index (χ1v) is 16.2. The molecule has 3 nitrogen and oxygen atoms in total. The monoisotopic (exact) mass is 460 g/mol. The maximum atomic E-state index is 11.6. The Labute approximate surface area is 194 Å². The molecule has 5 heteroatoms. The molecule has 166 valence electrons. The zero-order chi connectivity index (χ0) is 22.9. The van der Waals surface area contributed by atoms with Crippen molar-refractivity contribution in [2.24, 2.45) is 0 Å². The number of ether oxygens (including phenoxy) is 1. The van der Waals surface area contributed by atoms with Crippen LogP contribution < -0.4 is 15.6 Å². The van der Waals surface area contributed by atoms with Crippen LogP contribution in [0, 0.1) is 0 Å². The Bertz CT molecular complexity index is 906. The Morgan fingerprint density at radius 2 is 1.22 bits per heavy atom. The van der Waals surface area contributed by atoms with Gasteiger partial charge >= 0.3 is 5.97 Å². The second-order valence-corrected chi connectivity index (χ2v) is 16.3. The topological polar surface area (TPSA) is 35.5 Å². The number of hydrogen-bond acceptors (Lipinski definition) is 3. The molecule has 32 heavy (non-hydrogen) atoms. The third-order valence-corrected chi connectivity index (χ3v) is 13.9. The SMILES string of the molecule is CC=CC(=O)OCCC[Si](C)(C)O[Si](c1ccccc1)(c1ccccc1)c1ccccc1. The zero-order valence-electron chi connectivity index (χ0n) is 19.2. The summed E-state index contributed by atoms with van der Waals surface area (Å²) in [6, 6.07) is 32.9. The van der Waals surface area contributed by atoms with E-state index in [-0.39, 0.29) is 5.97 Å². The summed E-state index contributed by atoms with van der Waals surface area (Å²) in [5, 5.41) is 3.74. The summed E-state index contributed by atoms with van der Waals surface area (Å²) in [5.41, 5.74) is 0. The van der Waals surface area contributed by atoms with Gasteiger partial charge in [0.2, 0.25) is 0 Å². The minimum Gasteiger partial charge on any atom is -0.463 e. The Balaban J connectivity index is 1.97. The van der Waals surface area contributed by atoms with Crippen LogP contribution in [0.1, 0.15) is 13.3 Å². The number of benzene rings is 3. The molecule has 0 aromatic heterocycles. The smallest absolute Gasteiger partial charge is 0.330 e. The van der Waals surface area contributed by atoms with Crippen LogP contribution in [0.3, 0.4) is 0 Å². The lowest BCUT2D eigenvalue weighted by Crippen LogP contribution is -2.72. The molecule has 0 bridgehead atoms. The predicted molar refractivity (Wildman–Crippen MR) is 138 cm³/mol. The minimum atomic E-state index is -2.71. The Hall–Kier alpha value is -2.74. The van der Waals surface area contributed by atoms with Gasteiger partial charge in [-0.1, -0.05) is 97.1 Å². The van der Waals surface area contributed by atoms with Crippen molar-refractivity contribution < 1.29 is 13.6 Å². The lowest BCUT2D eigenvalue weighted by Gasteiger charge is -2.40. The number of carbonyl (C=O) groups excluding carboxylic acids is 1. The Kier molecular flexibility index (Phi) is 8.39. The summed E-state index contributed by atoms with van der Waals surface area (Å²) in [4.78, 5) is 11.6. The number of hydrogen-bond donors (Lipinski definition) is 0. The van der Waals surface area contributed by atoms with Gasteiger partial charge in [-0.15, -0.1) is 0 Å². The van der Waals surface area contributed by atoms with Crippen LogP contribution in [0.5, 0.6) is 0 Å². The molecule has 0 N–H and O–H groups in total. The summed E-state index contributed by atoms with van der Waals surface area (Å²) in [5.74, 6) is -0.283. The molecule has 0 radical (unpaired) electrons. The van der Waals surface area contributed by atoms with Crippen molar-refractivity contribution in [3.8, 4) is 0 Å². The van der Waals surface area contributed by atoms with E-state index >= 15 is 0 Å². The first-order valence-electron chi connectivity index (χ1n) is 11.1. The van der Waals surface area contributed by atoms with Crippen molar-refractivity contribution in [1.82, 2.24) is 0 Å². The van der Waals surface area contributed by atoms with Crippen molar-refractivity contribution in [3.63, 3.8) is 0 Å². The largest absolute Gasteiger partial charge is 0.463 e. The van der Waals surface area contributed by atoms with Crippen molar-refractivity contribution in [3.05, 3.63) is 103 Å². The molecule has 0 unspecified atom stereocenters. The normalized spacial score (nSPS) is 12.1. The molecule has 0 saturated carbocycles. The molecule has 0 amide bonds. The first-order chi connectivity index (χ1) is 15.5. The van der Waals surface area contributed by atoms with Gasteiger partial charge in [0.25, 0.3) is 8.32 Å². The average Bonchev–Trinajstić information content (AvgIpc) is 2.82. The molecule has 3 rings (SSSR count). The van der Waals surface area contributed by atoms with E-state index in [4.69, 9.17) is 8.85 Å². The summed E-state index contributed by atoms with van der Waals surface area (Å²) < 4.78 is 12.7. The minimum absolute atomic E-state index is 0.283. The number of esters is 1. The third kappa shape index (κ3) is 5.94. The van der Waals surface area contributed by atoms with Gasteiger partial charge in [-0.3, -0.25) is 0 Å². The standard InChI is InChI=1S/C27H32O3Si2/c1-4-15-27(28)29-22-14-23-31(2,3)30-32(24-16-8-5-9-17-24,25-18-10-6-11-19-25)26-20-12-7-13-21-26/h4-13,15-21H,14,22-23H2,1-3H3. The number of carbonyl (C=O) groups is 1. The second-order valence-electron chi connectivity index (χ2n) is 8.41. The summed E-state index contributed by atoms with van der Waals surface area (Å²) in [6.45, 7) is 6.78. The van der Waals surface area contributed by atoms with Gasteiger partial charge in [-0.05, 0) is 48.0 Å². The molecule has 0 aliphatic heterocycles. The van der Waals surface area contributed by atoms with Crippen LogP contribution in [-0.4, -0.2) is 29.2 Å². The highest BCUT2D eigenvalue weighted by molar-refractivity contribution is 7.10. The van der Waals surface area contributed by atoms with Crippen molar-refractivity contribution in [2.75, 3.05) is 6.61 Å². The van der Waals surface area contributed by atoms with E-state index in [1.54, 1.807) is 6.08 Å². The summed E-state index contributed by atoms with van der Waals surface area (Å²) >= 11 is 0. The fourth-order valence-corrected chi connectivity index (χ4v) is 13.1. The summed E-state index contributed by atoms with van der Waals surface area (Å²) in [6.07, 6.45) is 3.95. The van der Waals surface area contributed by atoms with Crippen molar-refractivity contribution in [1.29, 1.82) is 0 Å². The highest BCUT2D eigenvalue weighted by Crippen LogP contribution is 2.21. The molecular weight excluding hydrogens is 428 g/mol. The van der Waals surface area contributed by atoms with Crippen LogP contribution in [0.15, 0.2) is 103 Å². The number of allylic oxidation sites excluding steroid dienone is 1.